The minimum absolute atomic E-state index is 0.227. The Hall–Kier alpha value is -0.970. The predicted molar refractivity (Wildman–Crippen MR) is 45.5 cm³/mol. The van der Waals surface area contributed by atoms with Gasteiger partial charge in [0.25, 0.3) is 0 Å². The summed E-state index contributed by atoms with van der Waals surface area (Å²) in [7, 11) is 1.85. The van der Waals surface area contributed by atoms with E-state index in [0.29, 0.717) is 0 Å². The van der Waals surface area contributed by atoms with E-state index in [1.54, 1.807) is 4.68 Å². The van der Waals surface area contributed by atoms with Crippen LogP contribution in [0.4, 0.5) is 0 Å². The maximum absolute atomic E-state index is 3.91. The van der Waals surface area contributed by atoms with E-state index in [1.807, 2.05) is 7.05 Å². The summed E-state index contributed by atoms with van der Waals surface area (Å²) in [6.45, 7) is 5.18. The standard InChI is InChI=1S/C7H15N5/c1-4-5-8-6(2)7-9-10-11-12(7)3/h6,8H,4-5H2,1-3H3. The summed E-state index contributed by atoms with van der Waals surface area (Å²) in [5.74, 6) is 0.878. The molecule has 1 unspecified atom stereocenters. The summed E-state index contributed by atoms with van der Waals surface area (Å²) in [4.78, 5) is 0. The van der Waals surface area contributed by atoms with E-state index in [9.17, 15) is 0 Å². The first-order chi connectivity index (χ1) is 5.75. The molecule has 0 amide bonds. The second-order valence-electron chi connectivity index (χ2n) is 2.84. The third kappa shape index (κ3) is 2.01. The lowest BCUT2D eigenvalue weighted by atomic mass is 10.3. The van der Waals surface area contributed by atoms with Gasteiger partial charge in [0.1, 0.15) is 0 Å². The van der Waals surface area contributed by atoms with Gasteiger partial charge in [-0.3, -0.25) is 0 Å². The van der Waals surface area contributed by atoms with Crippen LogP contribution in [0.15, 0.2) is 0 Å². The highest BCUT2D eigenvalue weighted by molar-refractivity contribution is 4.87. The van der Waals surface area contributed by atoms with Crippen molar-refractivity contribution in [2.75, 3.05) is 6.54 Å². The van der Waals surface area contributed by atoms with Gasteiger partial charge in [0.2, 0.25) is 0 Å². The molecule has 12 heavy (non-hydrogen) atoms. The van der Waals surface area contributed by atoms with Gasteiger partial charge in [0.05, 0.1) is 6.04 Å². The highest BCUT2D eigenvalue weighted by atomic mass is 15.5. The number of hydrogen-bond acceptors (Lipinski definition) is 4. The second kappa shape index (κ2) is 4.15. The zero-order chi connectivity index (χ0) is 8.97. The van der Waals surface area contributed by atoms with Crippen molar-refractivity contribution in [3.8, 4) is 0 Å². The number of aromatic nitrogens is 4. The van der Waals surface area contributed by atoms with Crippen LogP contribution in [0.2, 0.25) is 0 Å². The van der Waals surface area contributed by atoms with Gasteiger partial charge in [-0.2, -0.15) is 0 Å². The fourth-order valence-corrected chi connectivity index (χ4v) is 1.06. The molecule has 0 spiro atoms. The van der Waals surface area contributed by atoms with E-state index in [0.717, 1.165) is 18.8 Å². The Morgan fingerprint density at radius 2 is 2.33 bits per heavy atom. The summed E-state index contributed by atoms with van der Waals surface area (Å²) in [5.41, 5.74) is 0. The summed E-state index contributed by atoms with van der Waals surface area (Å²) in [6.07, 6.45) is 1.12. The van der Waals surface area contributed by atoms with Crippen molar-refractivity contribution in [1.82, 2.24) is 25.5 Å². The van der Waals surface area contributed by atoms with Crippen LogP contribution in [0.5, 0.6) is 0 Å². The van der Waals surface area contributed by atoms with Crippen molar-refractivity contribution in [3.05, 3.63) is 5.82 Å². The molecule has 68 valence electrons. The maximum atomic E-state index is 3.91. The van der Waals surface area contributed by atoms with Crippen molar-refractivity contribution in [3.63, 3.8) is 0 Å². The Balaban J connectivity index is 2.52. The minimum Gasteiger partial charge on any atom is -0.307 e. The molecule has 1 rings (SSSR count). The zero-order valence-electron chi connectivity index (χ0n) is 7.78. The van der Waals surface area contributed by atoms with E-state index in [-0.39, 0.29) is 6.04 Å². The lowest BCUT2D eigenvalue weighted by molar-refractivity contribution is 0.517. The monoisotopic (exact) mass is 169 g/mol. The minimum atomic E-state index is 0.227. The van der Waals surface area contributed by atoms with Crippen molar-refractivity contribution >= 4 is 0 Å². The second-order valence-corrected chi connectivity index (χ2v) is 2.84. The van der Waals surface area contributed by atoms with Crippen LogP contribution in [0.25, 0.3) is 0 Å². The van der Waals surface area contributed by atoms with E-state index in [1.165, 1.54) is 0 Å². The van der Waals surface area contributed by atoms with Crippen LogP contribution >= 0.6 is 0 Å². The van der Waals surface area contributed by atoms with E-state index in [2.05, 4.69) is 34.7 Å². The SMILES string of the molecule is CCCNC(C)c1nnnn1C. The summed E-state index contributed by atoms with van der Waals surface area (Å²) < 4.78 is 1.69. The van der Waals surface area contributed by atoms with Gasteiger partial charge in [-0.15, -0.1) is 5.10 Å². The van der Waals surface area contributed by atoms with Crippen LogP contribution in [-0.4, -0.2) is 26.8 Å². The maximum Gasteiger partial charge on any atom is 0.167 e. The first-order valence-corrected chi connectivity index (χ1v) is 4.21. The van der Waals surface area contributed by atoms with Gasteiger partial charge in [0.15, 0.2) is 5.82 Å². The van der Waals surface area contributed by atoms with Gasteiger partial charge in [-0.25, -0.2) is 4.68 Å². The van der Waals surface area contributed by atoms with Crippen LogP contribution in [-0.2, 0) is 7.05 Å². The van der Waals surface area contributed by atoms with E-state index >= 15 is 0 Å². The molecule has 1 aromatic heterocycles. The number of nitrogens with zero attached hydrogens (tertiary/aromatic N) is 4. The van der Waals surface area contributed by atoms with Crippen molar-refractivity contribution < 1.29 is 0 Å². The van der Waals surface area contributed by atoms with E-state index < -0.39 is 0 Å². The third-order valence-corrected chi connectivity index (χ3v) is 1.74. The lowest BCUT2D eigenvalue weighted by Gasteiger charge is -2.10. The molecule has 5 heteroatoms. The number of rotatable bonds is 4. The molecule has 1 atom stereocenters. The molecule has 0 aliphatic heterocycles. The molecule has 0 bridgehead atoms. The highest BCUT2D eigenvalue weighted by Crippen LogP contribution is 2.04. The molecule has 0 aromatic carbocycles. The molecule has 0 saturated heterocycles. The number of aryl methyl sites for hydroxylation is 1. The molecule has 5 nitrogen and oxygen atoms in total. The molecule has 1 heterocycles. The molecule has 1 aromatic rings. The van der Waals surface area contributed by atoms with Gasteiger partial charge >= 0.3 is 0 Å². The average Bonchev–Trinajstić information content (AvgIpc) is 2.47. The lowest BCUT2D eigenvalue weighted by Crippen LogP contribution is -2.22. The Kier molecular flexibility index (Phi) is 3.16. The molecular weight excluding hydrogens is 154 g/mol. The Bertz CT molecular complexity index is 231. The fourth-order valence-electron chi connectivity index (χ4n) is 1.06. The van der Waals surface area contributed by atoms with Gasteiger partial charge in [-0.05, 0) is 30.3 Å². The summed E-state index contributed by atoms with van der Waals surface area (Å²) in [5, 5.41) is 14.6. The van der Waals surface area contributed by atoms with Crippen LogP contribution < -0.4 is 5.32 Å². The molecule has 0 saturated carbocycles. The zero-order valence-corrected chi connectivity index (χ0v) is 7.78. The quantitative estimate of drug-likeness (QED) is 0.703. The van der Waals surface area contributed by atoms with E-state index in [4.69, 9.17) is 0 Å². The molecule has 0 aliphatic carbocycles. The van der Waals surface area contributed by atoms with Crippen LogP contribution in [0, 0.1) is 0 Å². The third-order valence-electron chi connectivity index (χ3n) is 1.74. The highest BCUT2D eigenvalue weighted by Gasteiger charge is 2.10. The topological polar surface area (TPSA) is 55.6 Å². The Morgan fingerprint density at radius 3 is 2.83 bits per heavy atom. The number of nitrogens with one attached hydrogen (secondary N) is 1. The van der Waals surface area contributed by atoms with Gasteiger partial charge in [0, 0.05) is 7.05 Å². The molecule has 1 N–H and O–H groups in total. The fraction of sp³-hybridized carbons (Fsp3) is 0.857. The summed E-state index contributed by atoms with van der Waals surface area (Å²) >= 11 is 0. The molecule has 0 fully saturated rings. The van der Waals surface area contributed by atoms with Gasteiger partial charge in [-0.1, -0.05) is 6.92 Å². The van der Waals surface area contributed by atoms with Crippen LogP contribution in [0.3, 0.4) is 0 Å². The van der Waals surface area contributed by atoms with Crippen molar-refractivity contribution in [2.45, 2.75) is 26.3 Å². The average molecular weight is 169 g/mol. The number of hydrogen-bond donors (Lipinski definition) is 1. The smallest absolute Gasteiger partial charge is 0.167 e. The largest absolute Gasteiger partial charge is 0.307 e. The molecular formula is C7H15N5. The normalized spacial score (nSPS) is 13.2. The first-order valence-electron chi connectivity index (χ1n) is 4.21. The Labute approximate surface area is 72.2 Å². The van der Waals surface area contributed by atoms with Crippen molar-refractivity contribution in [2.24, 2.45) is 7.05 Å². The first kappa shape index (κ1) is 9.12. The number of tetrazole rings is 1. The van der Waals surface area contributed by atoms with Gasteiger partial charge < -0.3 is 5.32 Å². The summed E-state index contributed by atoms with van der Waals surface area (Å²) in [6, 6.07) is 0.227. The predicted octanol–water partition coefficient (Wildman–Crippen LogP) is 0.271. The molecule has 0 aliphatic rings. The van der Waals surface area contributed by atoms with Crippen LogP contribution in [0.1, 0.15) is 32.1 Å². The Morgan fingerprint density at radius 1 is 1.58 bits per heavy atom. The van der Waals surface area contributed by atoms with Crippen molar-refractivity contribution in [1.29, 1.82) is 0 Å². The molecule has 0 radical (unpaired) electrons.